The molecule has 2 nitrogen and oxygen atoms in total. The highest BCUT2D eigenvalue weighted by atomic mass is 19.4. The van der Waals surface area contributed by atoms with Crippen molar-refractivity contribution in [1.82, 2.24) is 0 Å². The molecule has 0 aliphatic rings. The Kier molecular flexibility index (Phi) is 3.95. The zero-order chi connectivity index (χ0) is 12.2. The van der Waals surface area contributed by atoms with E-state index in [0.29, 0.717) is 12.1 Å². The second kappa shape index (κ2) is 5.03. The minimum Gasteiger partial charge on any atom is -0.405 e. The van der Waals surface area contributed by atoms with E-state index >= 15 is 0 Å². The van der Waals surface area contributed by atoms with Gasteiger partial charge in [0, 0.05) is 12.1 Å². The lowest BCUT2D eigenvalue weighted by Gasteiger charge is -2.11. The first-order valence-electron chi connectivity index (χ1n) is 4.64. The zero-order valence-corrected chi connectivity index (χ0v) is 8.71. The van der Waals surface area contributed by atoms with E-state index in [1.807, 2.05) is 0 Å². The Labute approximate surface area is 91.5 Å². The summed E-state index contributed by atoms with van der Waals surface area (Å²) in [6, 6.07) is 5.93. The first kappa shape index (κ1) is 12.6. The first-order chi connectivity index (χ1) is 7.42. The smallest absolute Gasteiger partial charge is 0.405 e. The van der Waals surface area contributed by atoms with Crippen LogP contribution in [-0.4, -0.2) is 12.9 Å². The Balaban J connectivity index is 3.01. The molecular formula is C11H12F3NO. The average molecular weight is 231 g/mol. The van der Waals surface area contributed by atoms with Gasteiger partial charge in [-0.2, -0.15) is 0 Å². The maximum Gasteiger partial charge on any atom is 0.573 e. The van der Waals surface area contributed by atoms with Crippen molar-refractivity contribution in [1.29, 1.82) is 0 Å². The summed E-state index contributed by atoms with van der Waals surface area (Å²) in [4.78, 5) is 0. The van der Waals surface area contributed by atoms with E-state index in [1.54, 1.807) is 25.1 Å². The summed E-state index contributed by atoms with van der Waals surface area (Å²) in [5.41, 5.74) is 6.51. The van der Waals surface area contributed by atoms with E-state index in [1.165, 1.54) is 12.1 Å². The lowest BCUT2D eigenvalue weighted by molar-refractivity contribution is -0.274. The Bertz CT molecular complexity index is 385. The molecule has 0 atom stereocenters. The van der Waals surface area contributed by atoms with Crippen molar-refractivity contribution in [2.45, 2.75) is 13.3 Å². The fraction of sp³-hybridized carbons (Fsp3) is 0.273. The lowest BCUT2D eigenvalue weighted by Crippen LogP contribution is -2.17. The number of para-hydroxylation sites is 1. The number of halogens is 3. The van der Waals surface area contributed by atoms with Crippen LogP contribution in [-0.2, 0) is 0 Å². The van der Waals surface area contributed by atoms with Gasteiger partial charge >= 0.3 is 6.36 Å². The van der Waals surface area contributed by atoms with Crippen LogP contribution in [0.15, 0.2) is 29.8 Å². The number of rotatable bonds is 3. The molecule has 1 aromatic rings. The molecule has 0 fully saturated rings. The Morgan fingerprint density at radius 2 is 2.00 bits per heavy atom. The SMILES string of the molecule is CC(=Cc1ccccc1OC(F)(F)F)CN. The number of nitrogens with two attached hydrogens (primary N) is 1. The molecule has 0 aromatic heterocycles. The van der Waals surface area contributed by atoms with Crippen LogP contribution in [0.2, 0.25) is 0 Å². The second-order valence-electron chi connectivity index (χ2n) is 3.28. The lowest BCUT2D eigenvalue weighted by atomic mass is 10.1. The summed E-state index contributed by atoms with van der Waals surface area (Å²) in [5.74, 6) is -0.220. The minimum absolute atomic E-state index is 0.220. The molecule has 1 aromatic carbocycles. The number of hydrogen-bond donors (Lipinski definition) is 1. The van der Waals surface area contributed by atoms with Gasteiger partial charge in [0.1, 0.15) is 5.75 Å². The van der Waals surface area contributed by atoms with Crippen LogP contribution in [0.1, 0.15) is 12.5 Å². The quantitative estimate of drug-likeness (QED) is 0.868. The maximum absolute atomic E-state index is 12.1. The van der Waals surface area contributed by atoms with Crippen molar-refractivity contribution in [3.63, 3.8) is 0 Å². The summed E-state index contributed by atoms with van der Waals surface area (Å²) < 4.78 is 40.1. The molecule has 16 heavy (non-hydrogen) atoms. The van der Waals surface area contributed by atoms with E-state index in [2.05, 4.69) is 4.74 Å². The highest BCUT2D eigenvalue weighted by Gasteiger charge is 2.31. The van der Waals surface area contributed by atoms with Crippen molar-refractivity contribution in [3.8, 4) is 5.75 Å². The fourth-order valence-electron chi connectivity index (χ4n) is 1.14. The van der Waals surface area contributed by atoms with Crippen molar-refractivity contribution >= 4 is 6.08 Å². The monoisotopic (exact) mass is 231 g/mol. The predicted molar refractivity (Wildman–Crippen MR) is 55.8 cm³/mol. The maximum atomic E-state index is 12.1. The molecule has 0 heterocycles. The van der Waals surface area contributed by atoms with Gasteiger partial charge in [-0.15, -0.1) is 13.2 Å². The normalized spacial score (nSPS) is 12.7. The van der Waals surface area contributed by atoms with Crippen molar-refractivity contribution in [2.75, 3.05) is 6.54 Å². The van der Waals surface area contributed by atoms with Gasteiger partial charge in [-0.25, -0.2) is 0 Å². The van der Waals surface area contributed by atoms with Crippen LogP contribution in [0.5, 0.6) is 5.75 Å². The van der Waals surface area contributed by atoms with Crippen molar-refractivity contribution in [2.24, 2.45) is 5.73 Å². The molecule has 0 unspecified atom stereocenters. The summed E-state index contributed by atoms with van der Waals surface area (Å²) in [6.07, 6.45) is -3.11. The first-order valence-corrected chi connectivity index (χ1v) is 4.64. The summed E-state index contributed by atoms with van der Waals surface area (Å²) >= 11 is 0. The van der Waals surface area contributed by atoms with Gasteiger partial charge in [0.05, 0.1) is 0 Å². The molecule has 1 rings (SSSR count). The van der Waals surface area contributed by atoms with Gasteiger partial charge in [-0.05, 0) is 13.0 Å². The van der Waals surface area contributed by atoms with Gasteiger partial charge < -0.3 is 10.5 Å². The van der Waals surface area contributed by atoms with Crippen LogP contribution in [0.4, 0.5) is 13.2 Å². The molecule has 0 aliphatic heterocycles. The standard InChI is InChI=1S/C11H12F3NO/c1-8(7-15)6-9-4-2-3-5-10(9)16-11(12,13)14/h2-6H,7,15H2,1H3. The molecule has 0 bridgehead atoms. The van der Waals surface area contributed by atoms with Crippen LogP contribution in [0, 0.1) is 0 Å². The van der Waals surface area contributed by atoms with Crippen LogP contribution < -0.4 is 10.5 Å². The molecule has 2 N–H and O–H groups in total. The molecule has 0 saturated heterocycles. The third-order valence-corrected chi connectivity index (χ3v) is 1.87. The largest absolute Gasteiger partial charge is 0.573 e. The van der Waals surface area contributed by atoms with Crippen molar-refractivity contribution < 1.29 is 17.9 Å². The minimum atomic E-state index is -4.68. The summed E-state index contributed by atoms with van der Waals surface area (Å²) in [6.45, 7) is 2.03. The molecule has 88 valence electrons. The average Bonchev–Trinajstić information content (AvgIpc) is 2.18. The van der Waals surface area contributed by atoms with Gasteiger partial charge in [0.15, 0.2) is 0 Å². The predicted octanol–water partition coefficient (Wildman–Crippen LogP) is 2.95. The number of ether oxygens (including phenoxy) is 1. The summed E-state index contributed by atoms with van der Waals surface area (Å²) in [7, 11) is 0. The Morgan fingerprint density at radius 1 is 1.38 bits per heavy atom. The second-order valence-corrected chi connectivity index (χ2v) is 3.28. The van der Waals surface area contributed by atoms with Crippen LogP contribution >= 0.6 is 0 Å². The van der Waals surface area contributed by atoms with E-state index in [9.17, 15) is 13.2 Å². The highest BCUT2D eigenvalue weighted by Crippen LogP contribution is 2.27. The third kappa shape index (κ3) is 3.94. The zero-order valence-electron chi connectivity index (χ0n) is 8.71. The topological polar surface area (TPSA) is 35.2 Å². The Hall–Kier alpha value is -1.49. The molecular weight excluding hydrogens is 219 g/mol. The van der Waals surface area contributed by atoms with Gasteiger partial charge in [0.2, 0.25) is 0 Å². The van der Waals surface area contributed by atoms with Gasteiger partial charge in [-0.1, -0.05) is 29.8 Å². The van der Waals surface area contributed by atoms with E-state index in [-0.39, 0.29) is 5.75 Å². The van der Waals surface area contributed by atoms with Gasteiger partial charge in [-0.3, -0.25) is 0 Å². The third-order valence-electron chi connectivity index (χ3n) is 1.87. The number of hydrogen-bond acceptors (Lipinski definition) is 2. The molecule has 0 spiro atoms. The van der Waals surface area contributed by atoms with Crippen LogP contribution in [0.25, 0.3) is 6.08 Å². The van der Waals surface area contributed by atoms with Crippen LogP contribution in [0.3, 0.4) is 0 Å². The fourth-order valence-corrected chi connectivity index (χ4v) is 1.14. The molecule has 0 amide bonds. The van der Waals surface area contributed by atoms with Gasteiger partial charge in [0.25, 0.3) is 0 Å². The summed E-state index contributed by atoms with van der Waals surface area (Å²) in [5, 5.41) is 0. The molecule has 0 saturated carbocycles. The highest BCUT2D eigenvalue weighted by molar-refractivity contribution is 5.59. The van der Waals surface area contributed by atoms with E-state index < -0.39 is 6.36 Å². The number of alkyl halides is 3. The number of benzene rings is 1. The van der Waals surface area contributed by atoms with E-state index in [4.69, 9.17) is 5.73 Å². The Morgan fingerprint density at radius 3 is 2.56 bits per heavy atom. The van der Waals surface area contributed by atoms with E-state index in [0.717, 1.165) is 5.57 Å². The molecule has 0 radical (unpaired) electrons. The molecule has 5 heteroatoms. The molecule has 0 aliphatic carbocycles. The van der Waals surface area contributed by atoms with Crippen molar-refractivity contribution in [3.05, 3.63) is 35.4 Å².